The Bertz CT molecular complexity index is 737. The summed E-state index contributed by atoms with van der Waals surface area (Å²) in [5, 5.41) is 10.4. The predicted molar refractivity (Wildman–Crippen MR) is 82.5 cm³/mol. The highest BCUT2D eigenvalue weighted by atomic mass is 79.9. The largest absolute Gasteiger partial charge is 0.478 e. The van der Waals surface area contributed by atoms with E-state index in [1.54, 1.807) is 0 Å². The summed E-state index contributed by atoms with van der Waals surface area (Å²) in [5.74, 6) is -0.569. The zero-order valence-corrected chi connectivity index (χ0v) is 13.3. The number of carbonyl (C=O) groups is 1. The van der Waals surface area contributed by atoms with Crippen LogP contribution in [0.5, 0.6) is 0 Å². The van der Waals surface area contributed by atoms with Crippen molar-refractivity contribution in [1.29, 1.82) is 0 Å². The molecule has 1 aliphatic rings. The Morgan fingerprint density at radius 3 is 2.80 bits per heavy atom. The predicted octanol–water partition coefficient (Wildman–Crippen LogP) is 4.48. The molecule has 3 nitrogen and oxygen atoms in total. The first kappa shape index (κ1) is 13.6. The monoisotopic (exact) mass is 333 g/mol. The second-order valence-corrected chi connectivity index (χ2v) is 7.12. The Balaban J connectivity index is 2.50. The molecule has 2 aromatic rings. The number of aromatic nitrogens is 1. The minimum absolute atomic E-state index is 0.147. The molecule has 0 bridgehead atoms. The van der Waals surface area contributed by atoms with Crippen LogP contribution in [-0.4, -0.2) is 16.1 Å². The standard InChI is InChI=1S/C16H16BrNO2/c1-8-7-16(2,3)13-12(15(19)20)10-6-9(17)4-5-11(10)18-14(8)13/h4-6,8H,7H2,1-3H3,(H,19,20). The molecule has 1 aromatic carbocycles. The number of pyridine rings is 1. The van der Waals surface area contributed by atoms with E-state index >= 15 is 0 Å². The Hall–Kier alpha value is -1.42. The number of aromatic carboxylic acids is 1. The van der Waals surface area contributed by atoms with Crippen LogP contribution in [0.15, 0.2) is 22.7 Å². The maximum Gasteiger partial charge on any atom is 0.336 e. The molecule has 3 rings (SSSR count). The summed E-state index contributed by atoms with van der Waals surface area (Å²) in [4.78, 5) is 16.6. The van der Waals surface area contributed by atoms with Crippen LogP contribution in [0, 0.1) is 0 Å². The molecule has 0 amide bonds. The SMILES string of the molecule is CC1CC(C)(C)c2c1nc1ccc(Br)cc1c2C(=O)O. The van der Waals surface area contributed by atoms with Crippen molar-refractivity contribution < 1.29 is 9.90 Å². The van der Waals surface area contributed by atoms with Crippen LogP contribution in [0.1, 0.15) is 54.7 Å². The van der Waals surface area contributed by atoms with Crippen LogP contribution >= 0.6 is 15.9 Å². The van der Waals surface area contributed by atoms with E-state index in [-0.39, 0.29) is 5.41 Å². The highest BCUT2D eigenvalue weighted by Gasteiger charge is 2.40. The zero-order chi connectivity index (χ0) is 14.7. The van der Waals surface area contributed by atoms with Gasteiger partial charge < -0.3 is 5.11 Å². The number of nitrogens with zero attached hydrogens (tertiary/aromatic N) is 1. The van der Waals surface area contributed by atoms with Gasteiger partial charge in [0.05, 0.1) is 11.1 Å². The number of carboxylic acids is 1. The second kappa shape index (κ2) is 4.29. The van der Waals surface area contributed by atoms with Crippen LogP contribution in [-0.2, 0) is 5.41 Å². The molecule has 1 unspecified atom stereocenters. The van der Waals surface area contributed by atoms with E-state index in [1.165, 1.54) is 0 Å². The zero-order valence-electron chi connectivity index (χ0n) is 11.7. The van der Waals surface area contributed by atoms with Crippen LogP contribution in [0.2, 0.25) is 0 Å². The molecule has 0 saturated heterocycles. The van der Waals surface area contributed by atoms with Gasteiger partial charge in [-0.3, -0.25) is 4.98 Å². The molecular weight excluding hydrogens is 318 g/mol. The van der Waals surface area contributed by atoms with Gasteiger partial charge in [0.2, 0.25) is 0 Å². The minimum Gasteiger partial charge on any atom is -0.478 e. The first-order valence-corrected chi connectivity index (χ1v) is 7.47. The number of benzene rings is 1. The van der Waals surface area contributed by atoms with E-state index in [9.17, 15) is 9.90 Å². The Kier molecular flexibility index (Phi) is 2.91. The molecule has 0 radical (unpaired) electrons. The van der Waals surface area contributed by atoms with Gasteiger partial charge in [0.1, 0.15) is 0 Å². The normalized spacial score (nSPS) is 20.1. The Morgan fingerprint density at radius 1 is 1.45 bits per heavy atom. The first-order valence-electron chi connectivity index (χ1n) is 6.68. The van der Waals surface area contributed by atoms with Crippen LogP contribution in [0.3, 0.4) is 0 Å². The second-order valence-electron chi connectivity index (χ2n) is 6.20. The van der Waals surface area contributed by atoms with Crippen molar-refractivity contribution in [2.24, 2.45) is 0 Å². The fraction of sp³-hybridized carbons (Fsp3) is 0.375. The van der Waals surface area contributed by atoms with Gasteiger partial charge in [-0.1, -0.05) is 36.7 Å². The van der Waals surface area contributed by atoms with Crippen molar-refractivity contribution >= 4 is 32.8 Å². The summed E-state index contributed by atoms with van der Waals surface area (Å²) in [6.07, 6.45) is 0.938. The first-order chi connectivity index (χ1) is 9.31. The molecule has 0 fully saturated rings. The Morgan fingerprint density at radius 2 is 2.15 bits per heavy atom. The van der Waals surface area contributed by atoms with Crippen molar-refractivity contribution in [2.75, 3.05) is 0 Å². The summed E-state index contributed by atoms with van der Waals surface area (Å²) >= 11 is 3.42. The van der Waals surface area contributed by atoms with Gasteiger partial charge in [-0.25, -0.2) is 4.79 Å². The van der Waals surface area contributed by atoms with E-state index in [2.05, 4.69) is 36.7 Å². The molecule has 1 heterocycles. The quantitative estimate of drug-likeness (QED) is 0.836. The molecular formula is C16H16BrNO2. The molecule has 0 saturated carbocycles. The van der Waals surface area contributed by atoms with Gasteiger partial charge in [-0.05, 0) is 41.5 Å². The number of hydrogen-bond donors (Lipinski definition) is 1. The summed E-state index contributed by atoms with van der Waals surface area (Å²) < 4.78 is 0.873. The molecule has 1 atom stereocenters. The topological polar surface area (TPSA) is 50.2 Å². The number of fused-ring (bicyclic) bond motifs is 2. The lowest BCUT2D eigenvalue weighted by molar-refractivity contribution is 0.0696. The lowest BCUT2D eigenvalue weighted by Gasteiger charge is -2.21. The molecule has 0 spiro atoms. The highest BCUT2D eigenvalue weighted by Crippen LogP contribution is 2.47. The van der Waals surface area contributed by atoms with Crippen LogP contribution in [0.4, 0.5) is 0 Å². The van der Waals surface area contributed by atoms with Crippen molar-refractivity contribution in [1.82, 2.24) is 4.98 Å². The number of hydrogen-bond acceptors (Lipinski definition) is 2. The fourth-order valence-corrected chi connectivity index (χ4v) is 3.84. The van der Waals surface area contributed by atoms with Crippen molar-refractivity contribution in [2.45, 2.75) is 38.5 Å². The molecule has 1 N–H and O–H groups in total. The third kappa shape index (κ3) is 1.85. The molecule has 104 valence electrons. The summed E-state index contributed by atoms with van der Waals surface area (Å²) in [6, 6.07) is 5.63. The van der Waals surface area contributed by atoms with Crippen LogP contribution in [0.25, 0.3) is 10.9 Å². The maximum atomic E-state index is 11.8. The maximum absolute atomic E-state index is 11.8. The van der Waals surface area contributed by atoms with Gasteiger partial charge in [0.15, 0.2) is 0 Å². The number of rotatable bonds is 1. The van der Waals surface area contributed by atoms with E-state index < -0.39 is 5.97 Å². The van der Waals surface area contributed by atoms with E-state index in [1.807, 2.05) is 18.2 Å². The molecule has 1 aromatic heterocycles. The molecule has 1 aliphatic carbocycles. The van der Waals surface area contributed by atoms with E-state index in [4.69, 9.17) is 4.98 Å². The van der Waals surface area contributed by atoms with E-state index in [0.717, 1.165) is 27.7 Å². The third-order valence-electron chi connectivity index (χ3n) is 4.15. The fourth-order valence-electron chi connectivity index (χ4n) is 3.48. The molecule has 4 heteroatoms. The lowest BCUT2D eigenvalue weighted by Crippen LogP contribution is -2.18. The van der Waals surface area contributed by atoms with Gasteiger partial charge >= 0.3 is 5.97 Å². The number of halogens is 1. The average Bonchev–Trinajstić information content (AvgIpc) is 2.57. The van der Waals surface area contributed by atoms with Crippen LogP contribution < -0.4 is 0 Å². The highest BCUT2D eigenvalue weighted by molar-refractivity contribution is 9.10. The molecule has 20 heavy (non-hydrogen) atoms. The van der Waals surface area contributed by atoms with Gasteiger partial charge in [0, 0.05) is 15.6 Å². The van der Waals surface area contributed by atoms with Gasteiger partial charge in [-0.15, -0.1) is 0 Å². The van der Waals surface area contributed by atoms with Crippen molar-refractivity contribution in [3.8, 4) is 0 Å². The smallest absolute Gasteiger partial charge is 0.336 e. The average molecular weight is 334 g/mol. The summed E-state index contributed by atoms with van der Waals surface area (Å²) in [7, 11) is 0. The van der Waals surface area contributed by atoms with Crippen molar-refractivity contribution in [3.63, 3.8) is 0 Å². The third-order valence-corrected chi connectivity index (χ3v) is 4.64. The van der Waals surface area contributed by atoms with Gasteiger partial charge in [0.25, 0.3) is 0 Å². The number of carboxylic acid groups (broad SMARTS) is 1. The minimum atomic E-state index is -0.867. The molecule has 0 aliphatic heterocycles. The van der Waals surface area contributed by atoms with E-state index in [0.29, 0.717) is 16.9 Å². The van der Waals surface area contributed by atoms with Crippen molar-refractivity contribution in [3.05, 3.63) is 39.5 Å². The summed E-state index contributed by atoms with van der Waals surface area (Å²) in [6.45, 7) is 6.33. The van der Waals surface area contributed by atoms with Gasteiger partial charge in [-0.2, -0.15) is 0 Å². The summed E-state index contributed by atoms with van der Waals surface area (Å²) in [5.41, 5.74) is 2.88. The Labute approximate surface area is 126 Å². The lowest BCUT2D eigenvalue weighted by atomic mass is 9.83.